The number of aryl methyl sites for hydroxylation is 1. The number of aromatic nitrogens is 3. The van der Waals surface area contributed by atoms with Gasteiger partial charge in [-0.25, -0.2) is 19.3 Å². The van der Waals surface area contributed by atoms with Crippen LogP contribution in [0.1, 0.15) is 25.1 Å². The van der Waals surface area contributed by atoms with Crippen molar-refractivity contribution >= 4 is 29.1 Å². The van der Waals surface area contributed by atoms with Crippen LogP contribution in [0.3, 0.4) is 0 Å². The van der Waals surface area contributed by atoms with Crippen LogP contribution in [0.5, 0.6) is 0 Å². The molecule has 2 aromatic rings. The van der Waals surface area contributed by atoms with E-state index < -0.39 is 0 Å². The zero-order valence-corrected chi connectivity index (χ0v) is 16.3. The Bertz CT molecular complexity index is 803. The van der Waals surface area contributed by atoms with Crippen molar-refractivity contribution in [3.63, 3.8) is 0 Å². The van der Waals surface area contributed by atoms with E-state index in [1.165, 1.54) is 31.5 Å². The summed E-state index contributed by atoms with van der Waals surface area (Å²) in [6.45, 7) is 6.97. The minimum atomic E-state index is -0.374. The summed E-state index contributed by atoms with van der Waals surface area (Å²) in [5.74, 6) is 2.76. The quantitative estimate of drug-likeness (QED) is 0.801. The van der Waals surface area contributed by atoms with Crippen molar-refractivity contribution in [1.82, 2.24) is 15.0 Å². The van der Waals surface area contributed by atoms with E-state index in [-0.39, 0.29) is 5.82 Å². The summed E-state index contributed by atoms with van der Waals surface area (Å²) in [5.41, 5.74) is 0. The van der Waals surface area contributed by atoms with Gasteiger partial charge in [0.1, 0.15) is 17.5 Å². The van der Waals surface area contributed by atoms with Crippen molar-refractivity contribution in [2.45, 2.75) is 26.2 Å². The average Bonchev–Trinajstić information content (AvgIpc) is 2.68. The molecule has 6 nitrogen and oxygen atoms in total. The fourth-order valence-electron chi connectivity index (χ4n) is 3.77. The van der Waals surface area contributed by atoms with Gasteiger partial charge in [0.05, 0.1) is 5.02 Å². The van der Waals surface area contributed by atoms with Crippen molar-refractivity contribution in [3.8, 4) is 0 Å². The van der Waals surface area contributed by atoms with Crippen molar-refractivity contribution in [3.05, 3.63) is 35.0 Å². The van der Waals surface area contributed by atoms with Crippen LogP contribution in [0.25, 0.3) is 0 Å². The number of nitrogens with zero attached hydrogens (tertiary/aromatic N) is 6. The molecule has 0 spiro atoms. The number of halogens is 2. The normalized spacial score (nSPS) is 18.1. The molecule has 0 amide bonds. The predicted molar refractivity (Wildman–Crippen MR) is 106 cm³/mol. The SMILES string of the molecule is Cc1nc(N2CCCCC2)cc(N2CCN(c3ncc(Cl)cc3F)CC2)n1. The fraction of sp³-hybridized carbons (Fsp3) is 0.526. The topological polar surface area (TPSA) is 48.4 Å². The Morgan fingerprint density at radius 3 is 2.07 bits per heavy atom. The molecule has 2 aliphatic rings. The lowest BCUT2D eigenvalue weighted by atomic mass is 10.1. The Kier molecular flexibility index (Phi) is 5.29. The Hall–Kier alpha value is -2.15. The van der Waals surface area contributed by atoms with Crippen LogP contribution >= 0.6 is 11.6 Å². The van der Waals surface area contributed by atoms with Gasteiger partial charge in [-0.1, -0.05) is 11.6 Å². The summed E-state index contributed by atoms with van der Waals surface area (Å²) in [7, 11) is 0. The van der Waals surface area contributed by atoms with Crippen LogP contribution < -0.4 is 14.7 Å². The third-order valence-corrected chi connectivity index (χ3v) is 5.39. The first-order valence-electron chi connectivity index (χ1n) is 9.52. The largest absolute Gasteiger partial charge is 0.356 e. The third kappa shape index (κ3) is 4.08. The monoisotopic (exact) mass is 390 g/mol. The zero-order valence-electron chi connectivity index (χ0n) is 15.5. The van der Waals surface area contributed by atoms with E-state index >= 15 is 0 Å². The van der Waals surface area contributed by atoms with Gasteiger partial charge in [-0.05, 0) is 32.3 Å². The maximum absolute atomic E-state index is 14.1. The molecule has 27 heavy (non-hydrogen) atoms. The Morgan fingerprint density at radius 2 is 1.44 bits per heavy atom. The first-order valence-corrected chi connectivity index (χ1v) is 9.89. The van der Waals surface area contributed by atoms with E-state index in [9.17, 15) is 4.39 Å². The lowest BCUT2D eigenvalue weighted by Crippen LogP contribution is -2.47. The maximum atomic E-state index is 14.1. The highest BCUT2D eigenvalue weighted by atomic mass is 35.5. The number of piperidine rings is 1. The molecule has 2 saturated heterocycles. The first-order chi connectivity index (χ1) is 13.1. The Balaban J connectivity index is 1.47. The van der Waals surface area contributed by atoms with Gasteiger partial charge < -0.3 is 14.7 Å². The van der Waals surface area contributed by atoms with Crippen molar-refractivity contribution in [2.75, 3.05) is 54.0 Å². The summed E-state index contributed by atoms with van der Waals surface area (Å²) in [5, 5.41) is 0.316. The number of hydrogen-bond donors (Lipinski definition) is 0. The molecule has 0 atom stereocenters. The average molecular weight is 391 g/mol. The molecule has 0 N–H and O–H groups in total. The van der Waals surface area contributed by atoms with Crippen LogP contribution in [-0.4, -0.2) is 54.2 Å². The fourth-order valence-corrected chi connectivity index (χ4v) is 3.92. The second-order valence-corrected chi connectivity index (χ2v) is 7.55. The number of hydrogen-bond acceptors (Lipinski definition) is 6. The molecular formula is C19H24ClFN6. The number of pyridine rings is 1. The predicted octanol–water partition coefficient (Wildman–Crippen LogP) is 3.29. The van der Waals surface area contributed by atoms with E-state index in [1.807, 2.05) is 11.8 Å². The molecule has 0 bridgehead atoms. The highest BCUT2D eigenvalue weighted by Crippen LogP contribution is 2.25. The summed E-state index contributed by atoms with van der Waals surface area (Å²) >= 11 is 5.81. The molecule has 2 aromatic heterocycles. The van der Waals surface area contributed by atoms with Crippen LogP contribution in [-0.2, 0) is 0 Å². The number of piperazine rings is 1. The van der Waals surface area contributed by atoms with Gasteiger partial charge in [0, 0.05) is 51.5 Å². The van der Waals surface area contributed by atoms with Crippen LogP contribution in [0, 0.1) is 12.7 Å². The second-order valence-electron chi connectivity index (χ2n) is 7.11. The highest BCUT2D eigenvalue weighted by molar-refractivity contribution is 6.30. The molecule has 2 fully saturated rings. The minimum absolute atomic E-state index is 0.316. The molecule has 0 aromatic carbocycles. The van der Waals surface area contributed by atoms with Crippen molar-refractivity contribution in [1.29, 1.82) is 0 Å². The van der Waals surface area contributed by atoms with Gasteiger partial charge in [0.25, 0.3) is 0 Å². The summed E-state index contributed by atoms with van der Waals surface area (Å²) < 4.78 is 14.1. The van der Waals surface area contributed by atoms with E-state index in [4.69, 9.17) is 11.6 Å². The molecular weight excluding hydrogens is 367 g/mol. The minimum Gasteiger partial charge on any atom is -0.356 e. The molecule has 0 unspecified atom stereocenters. The Morgan fingerprint density at radius 1 is 0.852 bits per heavy atom. The van der Waals surface area contributed by atoms with Crippen LogP contribution in [0.2, 0.25) is 5.02 Å². The zero-order chi connectivity index (χ0) is 18.8. The summed E-state index contributed by atoms with van der Waals surface area (Å²) in [4.78, 5) is 20.0. The molecule has 2 aliphatic heterocycles. The van der Waals surface area contributed by atoms with Gasteiger partial charge in [0.15, 0.2) is 11.6 Å². The van der Waals surface area contributed by atoms with Crippen LogP contribution in [0.15, 0.2) is 18.3 Å². The highest BCUT2D eigenvalue weighted by Gasteiger charge is 2.23. The molecule has 4 heterocycles. The Labute approximate surface area is 164 Å². The van der Waals surface area contributed by atoms with Crippen LogP contribution in [0.4, 0.5) is 21.8 Å². The smallest absolute Gasteiger partial charge is 0.167 e. The van der Waals surface area contributed by atoms with E-state index in [0.717, 1.165) is 43.6 Å². The molecule has 0 aliphatic carbocycles. The molecule has 4 rings (SSSR count). The standard InChI is InChI=1S/C19H24ClFN6/c1-14-23-17(25-5-3-2-4-6-25)12-18(24-14)26-7-9-27(10-8-26)19-16(21)11-15(20)13-22-19/h11-13H,2-10H2,1H3. The molecule has 8 heteroatoms. The lowest BCUT2D eigenvalue weighted by Gasteiger charge is -2.36. The summed E-state index contributed by atoms with van der Waals surface area (Å²) in [6.07, 6.45) is 5.23. The molecule has 0 saturated carbocycles. The van der Waals surface area contributed by atoms with Gasteiger partial charge >= 0.3 is 0 Å². The van der Waals surface area contributed by atoms with Gasteiger partial charge in [-0.2, -0.15) is 0 Å². The molecule has 144 valence electrons. The number of rotatable bonds is 3. The van der Waals surface area contributed by atoms with E-state index in [2.05, 4.69) is 30.8 Å². The van der Waals surface area contributed by atoms with Gasteiger partial charge in [-0.15, -0.1) is 0 Å². The van der Waals surface area contributed by atoms with Gasteiger partial charge in [0.2, 0.25) is 0 Å². The molecule has 0 radical (unpaired) electrons. The maximum Gasteiger partial charge on any atom is 0.167 e. The van der Waals surface area contributed by atoms with E-state index in [0.29, 0.717) is 23.9 Å². The first kappa shape index (κ1) is 18.2. The number of anilines is 3. The summed E-state index contributed by atoms with van der Waals surface area (Å²) in [6, 6.07) is 3.41. The van der Waals surface area contributed by atoms with Gasteiger partial charge in [-0.3, -0.25) is 0 Å². The van der Waals surface area contributed by atoms with E-state index in [1.54, 1.807) is 0 Å². The third-order valence-electron chi connectivity index (χ3n) is 5.18. The van der Waals surface area contributed by atoms with Crippen molar-refractivity contribution in [2.24, 2.45) is 0 Å². The second kappa shape index (κ2) is 7.84. The van der Waals surface area contributed by atoms with Crippen molar-refractivity contribution < 1.29 is 4.39 Å². The lowest BCUT2D eigenvalue weighted by molar-refractivity contribution is 0.571.